The van der Waals surface area contributed by atoms with E-state index in [1.165, 1.54) is 18.6 Å². The summed E-state index contributed by atoms with van der Waals surface area (Å²) < 4.78 is 20.3. The summed E-state index contributed by atoms with van der Waals surface area (Å²) in [5.74, 6) is 1.24. The number of hydrogen-bond acceptors (Lipinski definition) is 5. The van der Waals surface area contributed by atoms with Crippen LogP contribution in [0.15, 0.2) is 51.8 Å². The second-order valence-corrected chi connectivity index (χ2v) is 7.31. The van der Waals surface area contributed by atoms with Crippen molar-refractivity contribution in [2.75, 3.05) is 0 Å². The molecule has 2 aromatic carbocycles. The van der Waals surface area contributed by atoms with Crippen LogP contribution in [0.3, 0.4) is 0 Å². The first-order valence-electron chi connectivity index (χ1n) is 9.82. The Morgan fingerprint density at radius 1 is 0.931 bits per heavy atom. The molecule has 4 aromatic rings. The summed E-state index contributed by atoms with van der Waals surface area (Å²) in [4.78, 5) is 22.1. The molecule has 0 N–H and O–H groups in total. The van der Waals surface area contributed by atoms with Crippen LogP contribution in [-0.2, 0) is 13.0 Å². The lowest BCUT2D eigenvalue weighted by molar-refractivity contribution is 0.432. The van der Waals surface area contributed by atoms with Gasteiger partial charge in [-0.25, -0.2) is 9.37 Å². The van der Waals surface area contributed by atoms with Crippen LogP contribution in [0.1, 0.15) is 31.5 Å². The molecule has 3 heterocycles. The first-order chi connectivity index (χ1) is 14.2. The van der Waals surface area contributed by atoms with Crippen LogP contribution in [-0.4, -0.2) is 19.7 Å². The summed E-state index contributed by atoms with van der Waals surface area (Å²) in [7, 11) is 0. The SMILES string of the molecule is O=c1c2ccc(-c3nc(-c4ccc(F)cc4)no3)cc2nc2n1CCCCCC2. The highest BCUT2D eigenvalue weighted by molar-refractivity contribution is 5.82. The highest BCUT2D eigenvalue weighted by atomic mass is 19.1. The van der Waals surface area contributed by atoms with E-state index >= 15 is 0 Å². The molecular weight excluding hydrogens is 371 g/mol. The molecule has 1 aliphatic heterocycles. The maximum absolute atomic E-state index is 13.1. The zero-order chi connectivity index (χ0) is 19.8. The average molecular weight is 390 g/mol. The summed E-state index contributed by atoms with van der Waals surface area (Å²) in [5.41, 5.74) is 2.01. The van der Waals surface area contributed by atoms with E-state index < -0.39 is 0 Å². The number of rotatable bonds is 2. The Labute approximate surface area is 166 Å². The summed E-state index contributed by atoms with van der Waals surface area (Å²) in [6.45, 7) is 0.726. The highest BCUT2D eigenvalue weighted by Crippen LogP contribution is 2.25. The van der Waals surface area contributed by atoms with Gasteiger partial charge in [-0.15, -0.1) is 0 Å². The number of aromatic nitrogens is 4. The molecule has 0 atom stereocenters. The summed E-state index contributed by atoms with van der Waals surface area (Å²) in [6.07, 6.45) is 5.18. The zero-order valence-corrected chi connectivity index (χ0v) is 15.8. The molecule has 29 heavy (non-hydrogen) atoms. The molecule has 0 spiro atoms. The van der Waals surface area contributed by atoms with E-state index in [1.807, 2.05) is 10.6 Å². The Morgan fingerprint density at radius 3 is 2.59 bits per heavy atom. The Morgan fingerprint density at radius 2 is 1.72 bits per heavy atom. The second-order valence-electron chi connectivity index (χ2n) is 7.31. The van der Waals surface area contributed by atoms with Crippen LogP contribution < -0.4 is 5.56 Å². The molecule has 6 nitrogen and oxygen atoms in total. The summed E-state index contributed by atoms with van der Waals surface area (Å²) in [5, 5.41) is 4.58. The zero-order valence-electron chi connectivity index (χ0n) is 15.8. The van der Waals surface area contributed by atoms with Crippen LogP contribution >= 0.6 is 0 Å². The summed E-state index contributed by atoms with van der Waals surface area (Å²) >= 11 is 0. The predicted octanol–water partition coefficient (Wildman–Crippen LogP) is 4.37. The van der Waals surface area contributed by atoms with Gasteiger partial charge in [-0.05, 0) is 55.3 Å². The van der Waals surface area contributed by atoms with Crippen molar-refractivity contribution in [3.63, 3.8) is 0 Å². The lowest BCUT2D eigenvalue weighted by Crippen LogP contribution is -2.26. The standard InChI is InChI=1S/C22H19FN4O2/c23-16-9-6-14(7-10-16)20-25-21(29-26-20)15-8-11-17-18(13-15)24-19-5-3-1-2-4-12-27(19)22(17)28/h6-11,13H,1-5,12H2. The topological polar surface area (TPSA) is 73.8 Å². The molecule has 2 aromatic heterocycles. The van der Waals surface area contributed by atoms with Gasteiger partial charge in [0, 0.05) is 24.1 Å². The number of halogens is 1. The maximum Gasteiger partial charge on any atom is 0.261 e. The van der Waals surface area contributed by atoms with Crippen molar-refractivity contribution in [1.29, 1.82) is 0 Å². The van der Waals surface area contributed by atoms with Crippen molar-refractivity contribution >= 4 is 10.9 Å². The smallest absolute Gasteiger partial charge is 0.261 e. The van der Waals surface area contributed by atoms with Crippen LogP contribution in [0.4, 0.5) is 4.39 Å². The predicted molar refractivity (Wildman–Crippen MR) is 107 cm³/mol. The Kier molecular flexibility index (Phi) is 4.42. The van der Waals surface area contributed by atoms with Gasteiger partial charge in [0.25, 0.3) is 11.4 Å². The third-order valence-electron chi connectivity index (χ3n) is 5.34. The minimum atomic E-state index is -0.320. The molecule has 1 aliphatic rings. The third kappa shape index (κ3) is 3.33. The van der Waals surface area contributed by atoms with Crippen molar-refractivity contribution in [3.8, 4) is 22.8 Å². The van der Waals surface area contributed by atoms with Crippen LogP contribution in [0.2, 0.25) is 0 Å². The van der Waals surface area contributed by atoms with Gasteiger partial charge in [-0.1, -0.05) is 18.0 Å². The molecule has 0 amide bonds. The molecule has 5 rings (SSSR count). The van der Waals surface area contributed by atoms with E-state index in [-0.39, 0.29) is 11.4 Å². The first kappa shape index (κ1) is 17.7. The summed E-state index contributed by atoms with van der Waals surface area (Å²) in [6, 6.07) is 11.3. The van der Waals surface area contributed by atoms with Gasteiger partial charge >= 0.3 is 0 Å². The lowest BCUT2D eigenvalue weighted by Gasteiger charge is -2.16. The molecule has 7 heteroatoms. The van der Waals surface area contributed by atoms with Gasteiger partial charge in [-0.3, -0.25) is 9.36 Å². The molecule has 0 unspecified atom stereocenters. The minimum Gasteiger partial charge on any atom is -0.334 e. The fourth-order valence-electron chi connectivity index (χ4n) is 3.79. The van der Waals surface area contributed by atoms with Gasteiger partial charge in [0.15, 0.2) is 0 Å². The molecule has 0 fully saturated rings. The number of fused-ring (bicyclic) bond motifs is 2. The van der Waals surface area contributed by atoms with E-state index in [9.17, 15) is 9.18 Å². The molecule has 146 valence electrons. The lowest BCUT2D eigenvalue weighted by atomic mass is 10.1. The second kappa shape index (κ2) is 7.24. The Hall–Kier alpha value is -3.35. The van der Waals surface area contributed by atoms with Crippen molar-refractivity contribution in [2.24, 2.45) is 0 Å². The van der Waals surface area contributed by atoms with Crippen LogP contribution in [0, 0.1) is 5.82 Å². The molecule has 0 aliphatic carbocycles. The van der Waals surface area contributed by atoms with Crippen molar-refractivity contribution in [3.05, 3.63) is 64.5 Å². The van der Waals surface area contributed by atoms with E-state index in [0.717, 1.165) is 38.1 Å². The average Bonchev–Trinajstić information content (AvgIpc) is 3.20. The van der Waals surface area contributed by atoms with Crippen molar-refractivity contribution in [2.45, 2.75) is 38.6 Å². The molecule has 0 bridgehead atoms. The van der Waals surface area contributed by atoms with Gasteiger partial charge in [0.1, 0.15) is 11.6 Å². The third-order valence-corrected chi connectivity index (χ3v) is 5.34. The largest absolute Gasteiger partial charge is 0.334 e. The van der Waals surface area contributed by atoms with E-state index in [2.05, 4.69) is 10.1 Å². The monoisotopic (exact) mass is 390 g/mol. The molecule has 0 radical (unpaired) electrons. The van der Waals surface area contributed by atoms with Crippen molar-refractivity contribution < 1.29 is 8.91 Å². The van der Waals surface area contributed by atoms with E-state index in [0.29, 0.717) is 33.7 Å². The maximum atomic E-state index is 13.1. The number of aryl methyl sites for hydroxylation is 1. The normalized spacial score (nSPS) is 14.4. The van der Waals surface area contributed by atoms with Gasteiger partial charge in [0.05, 0.1) is 10.9 Å². The first-order valence-corrected chi connectivity index (χ1v) is 9.82. The fourth-order valence-corrected chi connectivity index (χ4v) is 3.79. The number of nitrogens with zero attached hydrogens (tertiary/aromatic N) is 4. The van der Waals surface area contributed by atoms with E-state index in [1.54, 1.807) is 24.3 Å². The molecular formula is C22H19FN4O2. The highest BCUT2D eigenvalue weighted by Gasteiger charge is 2.16. The molecule has 0 saturated heterocycles. The van der Waals surface area contributed by atoms with Gasteiger partial charge < -0.3 is 4.52 Å². The van der Waals surface area contributed by atoms with Crippen molar-refractivity contribution in [1.82, 2.24) is 19.7 Å². The van der Waals surface area contributed by atoms with Gasteiger partial charge in [0.2, 0.25) is 5.82 Å². The van der Waals surface area contributed by atoms with Crippen LogP contribution in [0.5, 0.6) is 0 Å². The minimum absolute atomic E-state index is 0.0102. The van der Waals surface area contributed by atoms with Crippen LogP contribution in [0.25, 0.3) is 33.7 Å². The van der Waals surface area contributed by atoms with Gasteiger partial charge in [-0.2, -0.15) is 4.98 Å². The Bertz CT molecular complexity index is 1240. The quantitative estimate of drug-likeness (QED) is 0.508. The number of hydrogen-bond donors (Lipinski definition) is 0. The molecule has 0 saturated carbocycles. The van der Waals surface area contributed by atoms with E-state index in [4.69, 9.17) is 9.51 Å². The Balaban J connectivity index is 1.55. The number of benzene rings is 2. The fraction of sp³-hybridized carbons (Fsp3) is 0.273.